The van der Waals surface area contributed by atoms with Crippen LogP contribution in [-0.2, 0) is 9.47 Å². The number of allylic oxidation sites excluding steroid dienone is 1. The number of aliphatic hydroxyl groups is 1. The first-order valence-electron chi connectivity index (χ1n) is 8.04. The molecule has 0 bridgehead atoms. The molecule has 0 fully saturated rings. The Balaban J connectivity index is 2.21. The number of ether oxygens (including phenoxy) is 2. The molecule has 5 N–H and O–H groups in total. The van der Waals surface area contributed by atoms with E-state index >= 15 is 0 Å². The van der Waals surface area contributed by atoms with Gasteiger partial charge in [-0.25, -0.2) is 0 Å². The van der Waals surface area contributed by atoms with Crippen molar-refractivity contribution in [2.75, 3.05) is 25.1 Å². The van der Waals surface area contributed by atoms with E-state index in [1.165, 1.54) is 0 Å². The smallest absolute Gasteiger partial charge is 0.122 e. The van der Waals surface area contributed by atoms with Gasteiger partial charge in [-0.05, 0) is 49.8 Å². The Bertz CT molecular complexity index is 635. The van der Waals surface area contributed by atoms with Gasteiger partial charge in [-0.2, -0.15) is 0 Å². The quantitative estimate of drug-likeness (QED) is 0.433. The molecule has 6 heteroatoms. The van der Waals surface area contributed by atoms with E-state index < -0.39 is 0 Å². The van der Waals surface area contributed by atoms with E-state index in [0.717, 1.165) is 22.8 Å². The predicted molar refractivity (Wildman–Crippen MR) is 94.9 cm³/mol. The average molecular weight is 331 g/mol. The molecule has 24 heavy (non-hydrogen) atoms. The third-order valence-electron chi connectivity index (χ3n) is 3.83. The highest BCUT2D eigenvalue weighted by Gasteiger charge is 2.25. The maximum absolute atomic E-state index is 9.02. The lowest BCUT2D eigenvalue weighted by atomic mass is 9.97. The van der Waals surface area contributed by atoms with Gasteiger partial charge >= 0.3 is 0 Å². The lowest BCUT2D eigenvalue weighted by molar-refractivity contribution is 0.134. The number of hydrogen-bond acceptors (Lipinski definition) is 5. The third-order valence-corrected chi connectivity index (χ3v) is 3.83. The first kappa shape index (κ1) is 17.9. The zero-order chi connectivity index (χ0) is 17.5. The molecule has 2 rings (SSSR count). The summed E-state index contributed by atoms with van der Waals surface area (Å²) in [7, 11) is 0. The van der Waals surface area contributed by atoms with Crippen molar-refractivity contribution in [2.45, 2.75) is 26.3 Å². The van der Waals surface area contributed by atoms with Crippen LogP contribution in [0.4, 0.5) is 5.69 Å². The van der Waals surface area contributed by atoms with E-state index in [2.05, 4.69) is 5.32 Å². The summed E-state index contributed by atoms with van der Waals surface area (Å²) in [6.07, 6.45) is 2.66. The highest BCUT2D eigenvalue weighted by Crippen LogP contribution is 2.29. The second-order valence-electron chi connectivity index (χ2n) is 5.49. The number of nitrogens with two attached hydrogens (primary N) is 1. The molecule has 0 aliphatic heterocycles. The van der Waals surface area contributed by atoms with Crippen molar-refractivity contribution in [2.24, 2.45) is 5.73 Å². The molecular weight excluding hydrogens is 306 g/mol. The summed E-state index contributed by atoms with van der Waals surface area (Å²) >= 11 is 0. The van der Waals surface area contributed by atoms with E-state index in [1.807, 2.05) is 32.1 Å². The van der Waals surface area contributed by atoms with E-state index in [4.69, 9.17) is 25.7 Å². The fourth-order valence-corrected chi connectivity index (χ4v) is 2.59. The number of benzene rings is 1. The van der Waals surface area contributed by atoms with Gasteiger partial charge in [-0.3, -0.25) is 5.41 Å². The molecule has 1 unspecified atom stereocenters. The predicted octanol–water partition coefficient (Wildman–Crippen LogP) is 2.36. The normalized spacial score (nSPS) is 17.3. The summed E-state index contributed by atoms with van der Waals surface area (Å²) < 4.78 is 11.4. The number of amidine groups is 1. The van der Waals surface area contributed by atoms with Crippen LogP contribution in [0, 0.1) is 5.41 Å². The van der Waals surface area contributed by atoms with Gasteiger partial charge in [-0.1, -0.05) is 0 Å². The first-order valence-corrected chi connectivity index (χ1v) is 8.04. The Labute approximate surface area is 142 Å². The minimum Gasteiger partial charge on any atom is -0.498 e. The molecule has 1 aromatic rings. The Morgan fingerprint density at radius 3 is 2.62 bits per heavy atom. The number of anilines is 1. The molecule has 0 aromatic heterocycles. The van der Waals surface area contributed by atoms with Crippen LogP contribution in [-0.4, -0.2) is 36.8 Å². The second kappa shape index (κ2) is 8.40. The summed E-state index contributed by atoms with van der Waals surface area (Å²) in [6.45, 7) is 4.82. The summed E-state index contributed by atoms with van der Waals surface area (Å²) in [4.78, 5) is 0. The lowest BCUT2D eigenvalue weighted by Gasteiger charge is -2.29. The van der Waals surface area contributed by atoms with Crippen molar-refractivity contribution in [3.8, 4) is 0 Å². The van der Waals surface area contributed by atoms with E-state index in [1.54, 1.807) is 12.1 Å². The van der Waals surface area contributed by atoms with Crippen LogP contribution in [0.25, 0.3) is 0 Å². The Hall–Kier alpha value is -2.47. The van der Waals surface area contributed by atoms with Crippen LogP contribution in [0.5, 0.6) is 0 Å². The van der Waals surface area contributed by atoms with Gasteiger partial charge in [0.25, 0.3) is 0 Å². The molecule has 1 atom stereocenters. The van der Waals surface area contributed by atoms with Gasteiger partial charge in [0.05, 0.1) is 13.2 Å². The van der Waals surface area contributed by atoms with Crippen LogP contribution >= 0.6 is 0 Å². The highest BCUT2D eigenvalue weighted by molar-refractivity contribution is 5.95. The molecule has 1 aliphatic rings. The monoisotopic (exact) mass is 331 g/mol. The molecule has 0 saturated carbocycles. The minimum atomic E-state index is -0.157. The molecule has 130 valence electrons. The maximum atomic E-state index is 9.02. The van der Waals surface area contributed by atoms with E-state index in [9.17, 15) is 0 Å². The maximum Gasteiger partial charge on any atom is 0.122 e. The summed E-state index contributed by atoms with van der Waals surface area (Å²) in [5, 5.41) is 19.9. The molecule has 0 spiro atoms. The van der Waals surface area contributed by atoms with Gasteiger partial charge in [-0.15, -0.1) is 0 Å². The Morgan fingerprint density at radius 2 is 2.04 bits per heavy atom. The largest absolute Gasteiger partial charge is 0.498 e. The fraction of sp³-hybridized carbons (Fsp3) is 0.389. The first-order chi connectivity index (χ1) is 11.6. The molecule has 0 amide bonds. The number of aliphatic hydroxyl groups excluding tert-OH is 1. The standard InChI is InChI=1S/C18H25N3O3/c1-3-23-15-8-9-16(24-11-10-22)17(12(15)2)21-14-6-4-13(5-7-14)18(19)20/h4-7,9,17,21-22H,3,8,10-11H2,1-2H3,(H3,19,20). The topological polar surface area (TPSA) is 101 Å². The molecule has 0 saturated heterocycles. The van der Waals surface area contributed by atoms with Crippen LogP contribution in [0.1, 0.15) is 25.8 Å². The van der Waals surface area contributed by atoms with Crippen LogP contribution in [0.15, 0.2) is 47.4 Å². The fourth-order valence-electron chi connectivity index (χ4n) is 2.59. The average Bonchev–Trinajstić information content (AvgIpc) is 2.58. The SMILES string of the molecule is CCOC1=C(C)C(Nc2ccc(C(=N)N)cc2)C(OCCO)=CC1. The van der Waals surface area contributed by atoms with E-state index in [0.29, 0.717) is 18.6 Å². The van der Waals surface area contributed by atoms with Crippen LogP contribution in [0.3, 0.4) is 0 Å². The van der Waals surface area contributed by atoms with Crippen molar-refractivity contribution in [3.63, 3.8) is 0 Å². The molecule has 0 heterocycles. The van der Waals surface area contributed by atoms with Crippen molar-refractivity contribution in [1.82, 2.24) is 0 Å². The van der Waals surface area contributed by atoms with Gasteiger partial charge in [0, 0.05) is 17.7 Å². The summed E-state index contributed by atoms with van der Waals surface area (Å²) in [6, 6.07) is 7.20. The van der Waals surface area contributed by atoms with E-state index in [-0.39, 0.29) is 25.1 Å². The van der Waals surface area contributed by atoms with Crippen molar-refractivity contribution < 1.29 is 14.6 Å². The minimum absolute atomic E-state index is 0.0293. The molecular formula is C18H25N3O3. The van der Waals surface area contributed by atoms with Gasteiger partial charge in [0.15, 0.2) is 0 Å². The van der Waals surface area contributed by atoms with Crippen molar-refractivity contribution in [1.29, 1.82) is 5.41 Å². The highest BCUT2D eigenvalue weighted by atomic mass is 16.5. The Kier molecular flexibility index (Phi) is 6.26. The zero-order valence-corrected chi connectivity index (χ0v) is 14.1. The summed E-state index contributed by atoms with van der Waals surface area (Å²) in [5.74, 6) is 1.76. The summed E-state index contributed by atoms with van der Waals surface area (Å²) in [5.41, 5.74) is 8.11. The third kappa shape index (κ3) is 4.29. The molecule has 6 nitrogen and oxygen atoms in total. The van der Waals surface area contributed by atoms with Crippen LogP contribution < -0.4 is 11.1 Å². The lowest BCUT2D eigenvalue weighted by Crippen LogP contribution is -2.29. The van der Waals surface area contributed by atoms with Gasteiger partial charge in [0.1, 0.15) is 30.0 Å². The number of nitrogens with one attached hydrogen (secondary N) is 2. The number of nitrogen functional groups attached to an aromatic ring is 1. The van der Waals surface area contributed by atoms with Crippen molar-refractivity contribution in [3.05, 3.63) is 53.0 Å². The number of hydrogen-bond donors (Lipinski definition) is 4. The number of rotatable bonds is 8. The second-order valence-corrected chi connectivity index (χ2v) is 5.49. The van der Waals surface area contributed by atoms with Gasteiger partial charge in [0.2, 0.25) is 0 Å². The van der Waals surface area contributed by atoms with Crippen molar-refractivity contribution >= 4 is 11.5 Å². The zero-order valence-electron chi connectivity index (χ0n) is 14.1. The Morgan fingerprint density at radius 1 is 1.33 bits per heavy atom. The molecule has 0 radical (unpaired) electrons. The van der Waals surface area contributed by atoms with Crippen LogP contribution in [0.2, 0.25) is 0 Å². The molecule has 1 aromatic carbocycles. The van der Waals surface area contributed by atoms with Gasteiger partial charge < -0.3 is 25.6 Å². The molecule has 1 aliphatic carbocycles.